The van der Waals surface area contributed by atoms with Gasteiger partial charge in [-0.05, 0) is 18.3 Å². The molecule has 0 radical (unpaired) electrons. The van der Waals surface area contributed by atoms with Crippen LogP contribution in [0.15, 0.2) is 12.5 Å². The van der Waals surface area contributed by atoms with Crippen molar-refractivity contribution in [1.29, 1.82) is 0 Å². The van der Waals surface area contributed by atoms with Crippen LogP contribution in [0.2, 0.25) is 0 Å². The van der Waals surface area contributed by atoms with Gasteiger partial charge in [-0.3, -0.25) is 0 Å². The molecule has 1 aromatic rings. The van der Waals surface area contributed by atoms with Crippen LogP contribution in [0.5, 0.6) is 0 Å². The Morgan fingerprint density at radius 1 is 1.27 bits per heavy atom. The molecule has 1 aromatic heterocycles. The molecule has 0 amide bonds. The first-order chi connectivity index (χ1) is 5.43. The molecular formula is C9H8N2. The van der Waals surface area contributed by atoms with Gasteiger partial charge in [-0.25, -0.2) is 9.97 Å². The summed E-state index contributed by atoms with van der Waals surface area (Å²) in [6.07, 6.45) is 9.39. The first kappa shape index (κ1) is 5.47. The Bertz CT molecular complexity index is 369. The number of hydrogen-bond acceptors (Lipinski definition) is 2. The van der Waals surface area contributed by atoms with Crippen molar-refractivity contribution in [2.24, 2.45) is 11.8 Å². The lowest BCUT2D eigenvalue weighted by molar-refractivity contribution is 1.01. The van der Waals surface area contributed by atoms with Crippen LogP contribution in [0.25, 0.3) is 12.2 Å². The minimum absolute atomic E-state index is 0.789. The minimum atomic E-state index is 0.789. The van der Waals surface area contributed by atoms with E-state index in [0.29, 0.717) is 0 Å². The Balaban J connectivity index is 2.42. The summed E-state index contributed by atoms with van der Waals surface area (Å²) in [5.41, 5.74) is 0. The highest BCUT2D eigenvalue weighted by atomic mass is 14.8. The van der Waals surface area contributed by atoms with Crippen molar-refractivity contribution >= 4 is 12.2 Å². The molecule has 2 atom stereocenters. The van der Waals surface area contributed by atoms with Crippen LogP contribution in [0.3, 0.4) is 0 Å². The van der Waals surface area contributed by atoms with Gasteiger partial charge in [0.1, 0.15) is 6.33 Å². The van der Waals surface area contributed by atoms with E-state index in [1.165, 1.54) is 11.6 Å². The van der Waals surface area contributed by atoms with Gasteiger partial charge in [0.25, 0.3) is 0 Å². The van der Waals surface area contributed by atoms with Gasteiger partial charge in [-0.1, -0.05) is 12.2 Å². The van der Waals surface area contributed by atoms with Gasteiger partial charge in [-0.2, -0.15) is 0 Å². The summed E-state index contributed by atoms with van der Waals surface area (Å²) in [6.45, 7) is 0. The SMILES string of the molecule is C1=c2cncnc2=CC2CC12. The molecule has 0 bridgehead atoms. The predicted molar refractivity (Wildman–Crippen MR) is 41.8 cm³/mol. The molecule has 2 aliphatic carbocycles. The maximum absolute atomic E-state index is 4.20. The summed E-state index contributed by atoms with van der Waals surface area (Å²) in [5, 5.41) is 2.34. The van der Waals surface area contributed by atoms with Crippen LogP contribution in [-0.2, 0) is 0 Å². The van der Waals surface area contributed by atoms with Gasteiger partial charge in [0, 0.05) is 11.4 Å². The zero-order valence-corrected chi connectivity index (χ0v) is 6.07. The quantitative estimate of drug-likeness (QED) is 0.499. The van der Waals surface area contributed by atoms with Crippen LogP contribution < -0.4 is 10.6 Å². The standard InChI is InChI=1S/C9H8N2/c1-6-2-8-4-10-5-11-9(8)3-7(1)6/h2-7H,1H2. The van der Waals surface area contributed by atoms with Gasteiger partial charge in [0.15, 0.2) is 0 Å². The van der Waals surface area contributed by atoms with E-state index in [1.807, 2.05) is 6.20 Å². The van der Waals surface area contributed by atoms with Crippen molar-refractivity contribution in [3.05, 3.63) is 23.1 Å². The maximum Gasteiger partial charge on any atom is 0.116 e. The topological polar surface area (TPSA) is 25.8 Å². The van der Waals surface area contributed by atoms with Crippen LogP contribution in [0, 0.1) is 11.8 Å². The van der Waals surface area contributed by atoms with Crippen LogP contribution in [0.1, 0.15) is 6.42 Å². The predicted octanol–water partition coefficient (Wildman–Crippen LogP) is -0.313. The molecule has 0 saturated heterocycles. The third kappa shape index (κ3) is 0.723. The van der Waals surface area contributed by atoms with E-state index in [0.717, 1.165) is 17.2 Å². The average Bonchev–Trinajstić information content (AvgIpc) is 2.77. The number of rotatable bonds is 0. The normalized spacial score (nSPS) is 30.9. The Labute approximate surface area is 64.3 Å². The lowest BCUT2D eigenvalue weighted by Gasteiger charge is -1.94. The molecule has 0 aromatic carbocycles. The van der Waals surface area contributed by atoms with E-state index in [4.69, 9.17) is 0 Å². The van der Waals surface area contributed by atoms with E-state index in [9.17, 15) is 0 Å². The van der Waals surface area contributed by atoms with Crippen LogP contribution >= 0.6 is 0 Å². The monoisotopic (exact) mass is 144 g/mol. The highest BCUT2D eigenvalue weighted by Crippen LogP contribution is 2.41. The third-order valence-corrected chi connectivity index (χ3v) is 2.43. The second-order valence-corrected chi connectivity index (χ2v) is 3.26. The molecular weight excluding hydrogens is 136 g/mol. The summed E-state index contributed by atoms with van der Waals surface area (Å²) in [7, 11) is 0. The molecule has 2 unspecified atom stereocenters. The fourth-order valence-electron chi connectivity index (χ4n) is 1.67. The fourth-order valence-corrected chi connectivity index (χ4v) is 1.67. The highest BCUT2D eigenvalue weighted by molar-refractivity contribution is 5.47. The molecule has 0 aliphatic heterocycles. The molecule has 2 aliphatic rings. The Hall–Kier alpha value is -1.18. The van der Waals surface area contributed by atoms with Crippen LogP contribution in [0.4, 0.5) is 0 Å². The Morgan fingerprint density at radius 3 is 3.18 bits per heavy atom. The molecule has 2 heteroatoms. The molecule has 3 rings (SSSR count). The average molecular weight is 144 g/mol. The molecule has 11 heavy (non-hydrogen) atoms. The van der Waals surface area contributed by atoms with E-state index in [1.54, 1.807) is 6.33 Å². The summed E-state index contributed by atoms with van der Waals surface area (Å²) in [5.74, 6) is 1.59. The maximum atomic E-state index is 4.20. The highest BCUT2D eigenvalue weighted by Gasteiger charge is 2.34. The molecule has 54 valence electrons. The largest absolute Gasteiger partial charge is 0.244 e. The zero-order chi connectivity index (χ0) is 7.26. The van der Waals surface area contributed by atoms with Crippen LogP contribution in [-0.4, -0.2) is 9.97 Å². The van der Waals surface area contributed by atoms with E-state index < -0.39 is 0 Å². The van der Waals surface area contributed by atoms with E-state index in [2.05, 4.69) is 22.1 Å². The molecule has 0 spiro atoms. The molecule has 1 heterocycles. The number of nitrogens with zero attached hydrogens (tertiary/aromatic N) is 2. The van der Waals surface area contributed by atoms with Crippen molar-refractivity contribution < 1.29 is 0 Å². The Kier molecular flexibility index (Phi) is 0.844. The number of hydrogen-bond donors (Lipinski definition) is 0. The first-order valence-electron chi connectivity index (χ1n) is 3.93. The third-order valence-electron chi connectivity index (χ3n) is 2.43. The van der Waals surface area contributed by atoms with Gasteiger partial charge < -0.3 is 0 Å². The van der Waals surface area contributed by atoms with E-state index in [-0.39, 0.29) is 0 Å². The van der Waals surface area contributed by atoms with Gasteiger partial charge >= 0.3 is 0 Å². The number of fused-ring (bicyclic) bond motifs is 2. The summed E-state index contributed by atoms with van der Waals surface area (Å²) < 4.78 is 0. The smallest absolute Gasteiger partial charge is 0.116 e. The van der Waals surface area contributed by atoms with Crippen molar-refractivity contribution in [3.63, 3.8) is 0 Å². The lowest BCUT2D eigenvalue weighted by atomic mass is 10.2. The first-order valence-corrected chi connectivity index (χ1v) is 3.93. The molecule has 1 saturated carbocycles. The zero-order valence-electron chi connectivity index (χ0n) is 6.07. The Morgan fingerprint density at radius 2 is 2.18 bits per heavy atom. The summed E-state index contributed by atoms with van der Waals surface area (Å²) in [6, 6.07) is 0. The summed E-state index contributed by atoms with van der Waals surface area (Å²) in [4.78, 5) is 8.19. The second kappa shape index (κ2) is 1.70. The molecule has 2 nitrogen and oxygen atoms in total. The van der Waals surface area contributed by atoms with Crippen molar-refractivity contribution in [1.82, 2.24) is 9.97 Å². The van der Waals surface area contributed by atoms with E-state index >= 15 is 0 Å². The van der Waals surface area contributed by atoms with Gasteiger partial charge in [0.2, 0.25) is 0 Å². The molecule has 1 fully saturated rings. The number of aromatic nitrogens is 2. The van der Waals surface area contributed by atoms with Crippen molar-refractivity contribution in [2.75, 3.05) is 0 Å². The molecule has 0 N–H and O–H groups in total. The minimum Gasteiger partial charge on any atom is -0.244 e. The van der Waals surface area contributed by atoms with Crippen molar-refractivity contribution in [2.45, 2.75) is 6.42 Å². The van der Waals surface area contributed by atoms with Gasteiger partial charge in [0.05, 0.1) is 5.35 Å². The second-order valence-electron chi connectivity index (χ2n) is 3.26. The fraction of sp³-hybridized carbons (Fsp3) is 0.333. The summed E-state index contributed by atoms with van der Waals surface area (Å²) >= 11 is 0. The lowest BCUT2D eigenvalue weighted by Crippen LogP contribution is -2.30. The van der Waals surface area contributed by atoms with Gasteiger partial charge in [-0.15, -0.1) is 0 Å². The van der Waals surface area contributed by atoms with Crippen molar-refractivity contribution in [3.8, 4) is 0 Å².